The van der Waals surface area contributed by atoms with Gasteiger partial charge in [-0.2, -0.15) is 0 Å². The lowest BCUT2D eigenvalue weighted by Crippen LogP contribution is -2.33. The Balaban J connectivity index is 1.54. The second-order valence-electron chi connectivity index (χ2n) is 6.63. The Kier molecular flexibility index (Phi) is 4.81. The highest BCUT2D eigenvalue weighted by Crippen LogP contribution is 2.36. The van der Waals surface area contributed by atoms with Gasteiger partial charge in [0.2, 0.25) is 5.91 Å². The molecule has 1 aromatic heterocycles. The molecular formula is C20H19ClN4O2. The molecule has 7 heteroatoms. The average molecular weight is 383 g/mol. The molecule has 0 bridgehead atoms. The first-order valence-electron chi connectivity index (χ1n) is 8.88. The van der Waals surface area contributed by atoms with Crippen molar-refractivity contribution >= 4 is 17.5 Å². The molecule has 27 heavy (non-hydrogen) atoms. The summed E-state index contributed by atoms with van der Waals surface area (Å²) >= 11 is 5.96. The van der Waals surface area contributed by atoms with Crippen LogP contribution in [0.5, 0.6) is 0 Å². The van der Waals surface area contributed by atoms with E-state index in [1.807, 2.05) is 42.5 Å². The fourth-order valence-electron chi connectivity index (χ4n) is 2.97. The van der Waals surface area contributed by atoms with E-state index in [0.717, 1.165) is 24.0 Å². The quantitative estimate of drug-likeness (QED) is 0.712. The molecule has 1 amide bonds. The zero-order valence-electron chi connectivity index (χ0n) is 14.6. The Hall–Kier alpha value is -2.86. The monoisotopic (exact) mass is 382 g/mol. The van der Waals surface area contributed by atoms with Gasteiger partial charge < -0.3 is 5.32 Å². The molecule has 1 saturated carbocycles. The van der Waals surface area contributed by atoms with E-state index in [2.05, 4.69) is 10.4 Å². The van der Waals surface area contributed by atoms with Gasteiger partial charge in [-0.05, 0) is 42.7 Å². The molecule has 1 fully saturated rings. The number of benzene rings is 2. The van der Waals surface area contributed by atoms with E-state index in [4.69, 9.17) is 11.6 Å². The summed E-state index contributed by atoms with van der Waals surface area (Å²) in [7, 11) is 0. The molecule has 1 N–H and O–H groups in total. The number of halogens is 1. The van der Waals surface area contributed by atoms with Gasteiger partial charge in [0.25, 0.3) is 0 Å². The molecule has 0 aliphatic heterocycles. The zero-order chi connectivity index (χ0) is 18.8. The maximum absolute atomic E-state index is 12.8. The summed E-state index contributed by atoms with van der Waals surface area (Å²) in [6.07, 6.45) is 1.90. The second-order valence-corrected chi connectivity index (χ2v) is 7.07. The predicted molar refractivity (Wildman–Crippen MR) is 103 cm³/mol. The van der Waals surface area contributed by atoms with Gasteiger partial charge in [-0.3, -0.25) is 9.36 Å². The maximum atomic E-state index is 12.8. The Morgan fingerprint density at radius 1 is 1.11 bits per heavy atom. The third-order valence-electron chi connectivity index (χ3n) is 4.51. The summed E-state index contributed by atoms with van der Waals surface area (Å²) in [5.74, 6) is 0.332. The van der Waals surface area contributed by atoms with Crippen LogP contribution in [0.25, 0.3) is 11.4 Å². The van der Waals surface area contributed by atoms with Crippen molar-refractivity contribution in [3.8, 4) is 11.4 Å². The molecule has 0 saturated heterocycles. The third kappa shape index (κ3) is 3.95. The lowest BCUT2D eigenvalue weighted by atomic mass is 10.2. The van der Waals surface area contributed by atoms with Crippen LogP contribution in [0.4, 0.5) is 0 Å². The van der Waals surface area contributed by atoms with Crippen molar-refractivity contribution in [2.75, 3.05) is 0 Å². The van der Waals surface area contributed by atoms with Crippen molar-refractivity contribution in [1.29, 1.82) is 0 Å². The fraction of sp³-hybridized carbons (Fsp3) is 0.250. The van der Waals surface area contributed by atoms with Crippen molar-refractivity contribution in [3.05, 3.63) is 75.7 Å². The first-order chi connectivity index (χ1) is 13.1. The van der Waals surface area contributed by atoms with Crippen LogP contribution < -0.4 is 11.0 Å². The maximum Gasteiger partial charge on any atom is 0.346 e. The topological polar surface area (TPSA) is 68.9 Å². The van der Waals surface area contributed by atoms with Crippen molar-refractivity contribution in [1.82, 2.24) is 19.7 Å². The van der Waals surface area contributed by atoms with E-state index < -0.39 is 0 Å². The average Bonchev–Trinajstić information content (AvgIpc) is 3.46. The minimum atomic E-state index is -0.252. The van der Waals surface area contributed by atoms with Crippen LogP contribution in [0, 0.1) is 0 Å². The fourth-order valence-corrected chi connectivity index (χ4v) is 3.10. The minimum Gasteiger partial charge on any atom is -0.350 e. The first kappa shape index (κ1) is 17.5. The highest BCUT2D eigenvalue weighted by molar-refractivity contribution is 6.30. The van der Waals surface area contributed by atoms with Crippen LogP contribution in [0.1, 0.15) is 24.4 Å². The van der Waals surface area contributed by atoms with Crippen LogP contribution in [-0.4, -0.2) is 20.3 Å². The van der Waals surface area contributed by atoms with Gasteiger partial charge in [-0.25, -0.2) is 9.48 Å². The van der Waals surface area contributed by atoms with Crippen LogP contribution in [0.3, 0.4) is 0 Å². The van der Waals surface area contributed by atoms with E-state index in [0.29, 0.717) is 17.4 Å². The molecule has 0 atom stereocenters. The van der Waals surface area contributed by atoms with Gasteiger partial charge in [0.1, 0.15) is 6.54 Å². The summed E-state index contributed by atoms with van der Waals surface area (Å²) in [6, 6.07) is 17.0. The summed E-state index contributed by atoms with van der Waals surface area (Å²) in [4.78, 5) is 25.1. The van der Waals surface area contributed by atoms with E-state index in [9.17, 15) is 9.59 Å². The summed E-state index contributed by atoms with van der Waals surface area (Å²) in [5.41, 5.74) is 1.56. The van der Waals surface area contributed by atoms with Crippen molar-refractivity contribution in [3.63, 3.8) is 0 Å². The molecule has 0 spiro atoms. The highest BCUT2D eigenvalue weighted by atomic mass is 35.5. The summed E-state index contributed by atoms with van der Waals surface area (Å²) < 4.78 is 2.93. The number of hydrogen-bond donors (Lipinski definition) is 1. The van der Waals surface area contributed by atoms with Gasteiger partial charge in [0.15, 0.2) is 5.82 Å². The molecule has 3 aromatic rings. The molecule has 0 radical (unpaired) electrons. The summed E-state index contributed by atoms with van der Waals surface area (Å²) in [6.45, 7) is 0.313. The third-order valence-corrected chi connectivity index (χ3v) is 4.76. The number of hydrogen-bond acceptors (Lipinski definition) is 3. The smallest absolute Gasteiger partial charge is 0.346 e. The van der Waals surface area contributed by atoms with E-state index in [1.54, 1.807) is 16.7 Å². The molecule has 0 unspecified atom stereocenters. The number of aromatic nitrogens is 3. The number of nitrogens with zero attached hydrogens (tertiary/aromatic N) is 3. The van der Waals surface area contributed by atoms with Crippen LogP contribution in [-0.2, 0) is 17.9 Å². The first-order valence-corrected chi connectivity index (χ1v) is 9.25. The Bertz CT molecular complexity index is 1000. The molecule has 1 aliphatic rings. The summed E-state index contributed by atoms with van der Waals surface area (Å²) in [5, 5.41) is 7.88. The van der Waals surface area contributed by atoms with Crippen LogP contribution >= 0.6 is 11.6 Å². The number of amides is 1. The predicted octanol–water partition coefficient (Wildman–Crippen LogP) is 3.02. The lowest BCUT2D eigenvalue weighted by Gasteiger charge is -2.04. The van der Waals surface area contributed by atoms with E-state index in [-0.39, 0.29) is 24.2 Å². The normalized spacial score (nSPS) is 13.5. The lowest BCUT2D eigenvalue weighted by molar-refractivity contribution is -0.122. The van der Waals surface area contributed by atoms with Crippen molar-refractivity contribution in [2.45, 2.75) is 32.0 Å². The van der Waals surface area contributed by atoms with Gasteiger partial charge in [-0.1, -0.05) is 41.9 Å². The molecule has 138 valence electrons. The molecular weight excluding hydrogens is 364 g/mol. The van der Waals surface area contributed by atoms with Crippen molar-refractivity contribution < 1.29 is 4.79 Å². The molecule has 2 aromatic carbocycles. The molecule has 1 aliphatic carbocycles. The zero-order valence-corrected chi connectivity index (χ0v) is 15.4. The number of carbonyl (C=O) groups is 1. The van der Waals surface area contributed by atoms with Gasteiger partial charge >= 0.3 is 5.69 Å². The Morgan fingerprint density at radius 2 is 1.81 bits per heavy atom. The number of carbonyl (C=O) groups excluding carboxylic acids is 1. The SMILES string of the molecule is O=C(Cn1nc(-c2ccc(Cl)cc2)n(C2CC2)c1=O)NCc1ccccc1. The number of nitrogens with one attached hydrogen (secondary N) is 1. The largest absolute Gasteiger partial charge is 0.350 e. The van der Waals surface area contributed by atoms with E-state index >= 15 is 0 Å². The number of rotatable bonds is 6. The molecule has 6 nitrogen and oxygen atoms in total. The van der Waals surface area contributed by atoms with Crippen LogP contribution in [0.2, 0.25) is 5.02 Å². The Morgan fingerprint density at radius 3 is 2.48 bits per heavy atom. The van der Waals surface area contributed by atoms with Gasteiger partial charge in [0.05, 0.1) is 0 Å². The van der Waals surface area contributed by atoms with Crippen LogP contribution in [0.15, 0.2) is 59.4 Å². The highest BCUT2D eigenvalue weighted by Gasteiger charge is 2.30. The Labute approximate surface area is 161 Å². The van der Waals surface area contributed by atoms with Crippen molar-refractivity contribution in [2.24, 2.45) is 0 Å². The molecule has 1 heterocycles. The second kappa shape index (κ2) is 7.40. The van der Waals surface area contributed by atoms with Gasteiger partial charge in [0, 0.05) is 23.2 Å². The van der Waals surface area contributed by atoms with E-state index in [1.165, 1.54) is 4.68 Å². The molecule has 4 rings (SSSR count). The van der Waals surface area contributed by atoms with Gasteiger partial charge in [-0.15, -0.1) is 5.10 Å². The minimum absolute atomic E-state index is 0.105. The standard InChI is InChI=1S/C20H19ClN4O2/c21-16-8-6-15(7-9-16)19-23-24(20(27)25(19)17-10-11-17)13-18(26)22-12-14-4-2-1-3-5-14/h1-9,17H,10-13H2,(H,22,26).